The first-order valence-electron chi connectivity index (χ1n) is 13.7. The van der Waals surface area contributed by atoms with Gasteiger partial charge in [-0.2, -0.15) is 4.98 Å². The van der Waals surface area contributed by atoms with Gasteiger partial charge < -0.3 is 20.7 Å². The van der Waals surface area contributed by atoms with E-state index in [0.29, 0.717) is 29.0 Å². The minimum absolute atomic E-state index is 0.0909. The highest BCUT2D eigenvalue weighted by molar-refractivity contribution is 6.31. The molecule has 0 bridgehead atoms. The van der Waals surface area contributed by atoms with E-state index in [1.54, 1.807) is 18.2 Å². The first-order chi connectivity index (χ1) is 20.4. The van der Waals surface area contributed by atoms with Crippen LogP contribution < -0.4 is 25.6 Å². The van der Waals surface area contributed by atoms with Crippen molar-refractivity contribution in [2.45, 2.75) is 12.5 Å². The molecular weight excluding hydrogens is 573 g/mol. The SMILES string of the molecule is COc1ccccc1N1CCN(CN2C(=O)C(Nc3ncc(Cc4ccc(Cl)cc4)c(N)n3)c3cc(Cl)ccc32)CC1. The normalized spacial score (nSPS) is 16.9. The Hall–Kier alpha value is -4.05. The molecule has 1 aromatic heterocycles. The van der Waals surface area contributed by atoms with Crippen molar-refractivity contribution in [3.05, 3.63) is 99.7 Å². The quantitative estimate of drug-likeness (QED) is 0.282. The van der Waals surface area contributed by atoms with Gasteiger partial charge in [-0.3, -0.25) is 14.6 Å². The number of nitrogens with one attached hydrogen (secondary N) is 1. The van der Waals surface area contributed by atoms with E-state index in [2.05, 4.69) is 31.2 Å². The van der Waals surface area contributed by atoms with E-state index in [4.69, 9.17) is 33.7 Å². The van der Waals surface area contributed by atoms with Crippen LogP contribution in [0.15, 0.2) is 72.9 Å². The molecule has 1 atom stereocenters. The summed E-state index contributed by atoms with van der Waals surface area (Å²) in [6.07, 6.45) is 2.26. The number of hydrogen-bond donors (Lipinski definition) is 2. The largest absolute Gasteiger partial charge is 0.495 e. The second-order valence-corrected chi connectivity index (χ2v) is 11.2. The average molecular weight is 605 g/mol. The number of para-hydroxylation sites is 2. The third-order valence-corrected chi connectivity index (χ3v) is 8.21. The van der Waals surface area contributed by atoms with E-state index in [0.717, 1.165) is 60.0 Å². The van der Waals surface area contributed by atoms with Gasteiger partial charge in [-0.05, 0) is 48.0 Å². The number of ether oxygens (including phenoxy) is 1. The van der Waals surface area contributed by atoms with Crippen molar-refractivity contribution in [2.75, 3.05) is 60.8 Å². The number of hydrogen-bond acceptors (Lipinski definition) is 8. The number of aromatic nitrogens is 2. The van der Waals surface area contributed by atoms with Crippen LogP contribution >= 0.6 is 23.2 Å². The predicted octanol–water partition coefficient (Wildman–Crippen LogP) is 5.24. The van der Waals surface area contributed by atoms with E-state index in [1.165, 1.54) is 0 Å². The van der Waals surface area contributed by atoms with E-state index in [9.17, 15) is 4.79 Å². The van der Waals surface area contributed by atoms with Crippen LogP contribution in [0.5, 0.6) is 5.75 Å². The molecule has 0 spiro atoms. The molecule has 3 N–H and O–H groups in total. The van der Waals surface area contributed by atoms with Crippen LogP contribution in [0.1, 0.15) is 22.7 Å². The van der Waals surface area contributed by atoms with Gasteiger partial charge in [0.2, 0.25) is 5.95 Å². The fourth-order valence-electron chi connectivity index (χ4n) is 5.49. The summed E-state index contributed by atoms with van der Waals surface area (Å²) in [5, 5.41) is 4.44. The summed E-state index contributed by atoms with van der Waals surface area (Å²) < 4.78 is 5.55. The lowest BCUT2D eigenvalue weighted by Crippen LogP contribution is -2.51. The van der Waals surface area contributed by atoms with E-state index < -0.39 is 6.04 Å². The third kappa shape index (κ3) is 5.81. The maximum absolute atomic E-state index is 13.8. The molecule has 1 unspecified atom stereocenters. The van der Waals surface area contributed by atoms with Crippen LogP contribution in [0.25, 0.3) is 0 Å². The van der Waals surface area contributed by atoms with Crippen molar-refractivity contribution in [1.29, 1.82) is 0 Å². The number of carbonyl (C=O) groups is 1. The van der Waals surface area contributed by atoms with Gasteiger partial charge in [-0.1, -0.05) is 47.5 Å². The van der Waals surface area contributed by atoms with Gasteiger partial charge in [-0.25, -0.2) is 4.98 Å². The monoisotopic (exact) mass is 603 g/mol. The van der Waals surface area contributed by atoms with Crippen LogP contribution in [0.4, 0.5) is 23.1 Å². The molecule has 4 aromatic rings. The minimum Gasteiger partial charge on any atom is -0.495 e. The number of nitrogens with zero attached hydrogens (tertiary/aromatic N) is 5. The van der Waals surface area contributed by atoms with E-state index in [1.807, 2.05) is 60.7 Å². The topological polar surface area (TPSA) is 99.9 Å². The Morgan fingerprint density at radius 2 is 1.71 bits per heavy atom. The number of methoxy groups -OCH3 is 1. The molecule has 3 heterocycles. The molecule has 1 amide bonds. The number of amides is 1. The maximum atomic E-state index is 13.8. The van der Waals surface area contributed by atoms with Crippen molar-refractivity contribution in [1.82, 2.24) is 14.9 Å². The van der Waals surface area contributed by atoms with Gasteiger partial charge in [0.05, 0.1) is 25.2 Å². The van der Waals surface area contributed by atoms with Crippen molar-refractivity contribution in [3.8, 4) is 5.75 Å². The van der Waals surface area contributed by atoms with Gasteiger partial charge in [0.25, 0.3) is 5.91 Å². The first-order valence-corrected chi connectivity index (χ1v) is 14.5. The molecule has 1 fully saturated rings. The third-order valence-electron chi connectivity index (χ3n) is 7.72. The molecule has 2 aliphatic rings. The molecule has 1 saturated heterocycles. The summed E-state index contributed by atoms with van der Waals surface area (Å²) >= 11 is 12.4. The Kier molecular flexibility index (Phi) is 8.06. The van der Waals surface area contributed by atoms with Crippen LogP contribution in [0, 0.1) is 0 Å². The lowest BCUT2D eigenvalue weighted by atomic mass is 10.1. The van der Waals surface area contributed by atoms with Crippen LogP contribution in [0.3, 0.4) is 0 Å². The summed E-state index contributed by atoms with van der Waals surface area (Å²) in [6, 6.07) is 20.5. The average Bonchev–Trinajstić information content (AvgIpc) is 3.25. The van der Waals surface area contributed by atoms with Crippen molar-refractivity contribution >= 4 is 52.3 Å². The second kappa shape index (κ2) is 12.1. The number of rotatable bonds is 8. The fourth-order valence-corrected chi connectivity index (χ4v) is 5.80. The molecule has 0 aliphatic carbocycles. The zero-order chi connectivity index (χ0) is 29.2. The number of anilines is 4. The fraction of sp³-hybridized carbons (Fsp3) is 0.258. The molecule has 42 heavy (non-hydrogen) atoms. The Morgan fingerprint density at radius 1 is 0.976 bits per heavy atom. The Bertz CT molecular complexity index is 1590. The van der Waals surface area contributed by atoms with Crippen molar-refractivity contribution in [2.24, 2.45) is 0 Å². The number of fused-ring (bicyclic) bond motifs is 1. The Labute approximate surface area is 254 Å². The number of benzene rings is 3. The molecule has 3 aromatic carbocycles. The summed E-state index contributed by atoms with van der Waals surface area (Å²) in [4.78, 5) is 29.2. The number of carbonyl (C=O) groups excluding carboxylic acids is 1. The molecule has 216 valence electrons. The zero-order valence-electron chi connectivity index (χ0n) is 23.1. The molecule has 11 heteroatoms. The molecule has 9 nitrogen and oxygen atoms in total. The number of piperazine rings is 1. The standard InChI is InChI=1S/C31H31Cl2N7O2/c1-42-27-5-3-2-4-26(27)39-14-12-38(13-15-39)19-40-25-11-10-23(33)17-24(25)28(30(40)41)36-31-35-18-21(29(34)37-31)16-20-6-8-22(32)9-7-20/h2-11,17-18,28H,12-16,19H2,1H3,(H3,34,35,36,37). The summed E-state index contributed by atoms with van der Waals surface area (Å²) in [6.45, 7) is 3.73. The highest BCUT2D eigenvalue weighted by atomic mass is 35.5. The highest BCUT2D eigenvalue weighted by Crippen LogP contribution is 2.39. The zero-order valence-corrected chi connectivity index (χ0v) is 24.6. The van der Waals surface area contributed by atoms with Crippen molar-refractivity contribution < 1.29 is 9.53 Å². The second-order valence-electron chi connectivity index (χ2n) is 10.4. The Balaban J connectivity index is 1.15. The van der Waals surface area contributed by atoms with Gasteiger partial charge in [0.1, 0.15) is 17.6 Å². The lowest BCUT2D eigenvalue weighted by molar-refractivity contribution is -0.119. The summed E-state index contributed by atoms with van der Waals surface area (Å²) in [5.74, 6) is 1.40. The predicted molar refractivity (Wildman–Crippen MR) is 168 cm³/mol. The van der Waals surface area contributed by atoms with E-state index in [-0.39, 0.29) is 11.9 Å². The molecule has 2 aliphatic heterocycles. The minimum atomic E-state index is -0.685. The molecule has 0 saturated carbocycles. The summed E-state index contributed by atoms with van der Waals surface area (Å²) in [7, 11) is 1.69. The summed E-state index contributed by atoms with van der Waals surface area (Å²) in [5.41, 5.74) is 10.8. The van der Waals surface area contributed by atoms with Gasteiger partial charge >= 0.3 is 0 Å². The highest BCUT2D eigenvalue weighted by Gasteiger charge is 2.39. The molecule has 0 radical (unpaired) electrons. The van der Waals surface area contributed by atoms with E-state index >= 15 is 0 Å². The van der Waals surface area contributed by atoms with Gasteiger partial charge in [0.15, 0.2) is 0 Å². The lowest BCUT2D eigenvalue weighted by Gasteiger charge is -2.38. The van der Waals surface area contributed by atoms with Gasteiger partial charge in [0, 0.05) is 60.0 Å². The van der Waals surface area contributed by atoms with Crippen LogP contribution in [0.2, 0.25) is 10.0 Å². The van der Waals surface area contributed by atoms with Crippen LogP contribution in [-0.2, 0) is 11.2 Å². The van der Waals surface area contributed by atoms with Gasteiger partial charge in [-0.15, -0.1) is 0 Å². The molecular formula is C31H31Cl2N7O2. The Morgan fingerprint density at radius 3 is 2.45 bits per heavy atom. The number of nitrogen functional groups attached to an aromatic ring is 1. The first kappa shape index (κ1) is 28.1. The number of nitrogens with two attached hydrogens (primary N) is 1. The molecule has 6 rings (SSSR count). The maximum Gasteiger partial charge on any atom is 0.255 e. The van der Waals surface area contributed by atoms with Crippen LogP contribution in [-0.4, -0.2) is 60.7 Å². The van der Waals surface area contributed by atoms with Crippen molar-refractivity contribution in [3.63, 3.8) is 0 Å². The number of halogens is 2. The smallest absolute Gasteiger partial charge is 0.255 e.